The van der Waals surface area contributed by atoms with E-state index in [1.807, 2.05) is 13.8 Å². The largest absolute Gasteiger partial charge is 0.351 e. The highest BCUT2D eigenvalue weighted by atomic mass is 35.5. The van der Waals surface area contributed by atoms with Gasteiger partial charge in [-0.05, 0) is 50.9 Å². The summed E-state index contributed by atoms with van der Waals surface area (Å²) in [5.41, 5.74) is 0.880. The number of carbonyl (C=O) groups excluding carboxylic acids is 1. The average molecular weight is 390 g/mol. The van der Waals surface area contributed by atoms with E-state index in [4.69, 9.17) is 0 Å². The van der Waals surface area contributed by atoms with Crippen LogP contribution in [0.3, 0.4) is 0 Å². The summed E-state index contributed by atoms with van der Waals surface area (Å²) >= 11 is 0. The molecule has 1 aromatic rings. The van der Waals surface area contributed by atoms with E-state index in [0.717, 1.165) is 31.4 Å². The first kappa shape index (κ1) is 21.9. The number of nitrogens with one attached hydrogen (secondary N) is 2. The van der Waals surface area contributed by atoms with Crippen LogP contribution in [0.2, 0.25) is 0 Å². The third-order valence-corrected chi connectivity index (χ3v) is 6.47. The summed E-state index contributed by atoms with van der Waals surface area (Å²) in [5, 5.41) is 6.12. The van der Waals surface area contributed by atoms with Crippen LogP contribution in [-0.4, -0.2) is 44.3 Å². The van der Waals surface area contributed by atoms with Crippen molar-refractivity contribution < 1.29 is 13.2 Å². The van der Waals surface area contributed by atoms with Gasteiger partial charge in [0.25, 0.3) is 0 Å². The average Bonchev–Trinajstić information content (AvgIpc) is 2.60. The third kappa shape index (κ3) is 5.67. The van der Waals surface area contributed by atoms with Crippen molar-refractivity contribution in [3.05, 3.63) is 29.8 Å². The van der Waals surface area contributed by atoms with E-state index in [9.17, 15) is 13.2 Å². The summed E-state index contributed by atoms with van der Waals surface area (Å²) in [6, 6.07) is 6.46. The molecule has 1 unspecified atom stereocenters. The Bertz CT molecular complexity index is 656. The number of hydrogen-bond donors (Lipinski definition) is 2. The van der Waals surface area contributed by atoms with Crippen LogP contribution in [-0.2, 0) is 21.4 Å². The second-order valence-corrected chi connectivity index (χ2v) is 8.48. The quantitative estimate of drug-likeness (QED) is 0.778. The zero-order valence-corrected chi connectivity index (χ0v) is 16.6. The highest BCUT2D eigenvalue weighted by molar-refractivity contribution is 7.89. The number of halogens is 1. The molecule has 0 aromatic heterocycles. The van der Waals surface area contributed by atoms with Gasteiger partial charge in [-0.2, -0.15) is 4.31 Å². The standard InChI is InChI=1S/C17H27N3O3S.ClH/c1-13(2)20(3)24(22,23)15-9-7-14(8-10-15)12-19-17(21)16-6-4-5-11-18-16;/h7-10,13,16,18H,4-6,11-12H2,1-3H3,(H,19,21);1H. The first-order valence-electron chi connectivity index (χ1n) is 8.40. The number of sulfonamides is 1. The van der Waals surface area contributed by atoms with Crippen molar-refractivity contribution in [1.82, 2.24) is 14.9 Å². The van der Waals surface area contributed by atoms with Gasteiger partial charge in [0.15, 0.2) is 0 Å². The Morgan fingerprint density at radius 3 is 2.44 bits per heavy atom. The maximum Gasteiger partial charge on any atom is 0.243 e. The van der Waals surface area contributed by atoms with Crippen molar-refractivity contribution in [3.8, 4) is 0 Å². The predicted molar refractivity (Wildman–Crippen MR) is 101 cm³/mol. The van der Waals surface area contributed by atoms with Gasteiger partial charge < -0.3 is 10.6 Å². The summed E-state index contributed by atoms with van der Waals surface area (Å²) in [7, 11) is -1.89. The van der Waals surface area contributed by atoms with Crippen molar-refractivity contribution in [2.45, 2.75) is 56.6 Å². The fourth-order valence-corrected chi connectivity index (χ4v) is 3.98. The Hall–Kier alpha value is -1.15. The Labute approximate surface area is 156 Å². The molecule has 1 atom stereocenters. The van der Waals surface area contributed by atoms with Crippen LogP contribution >= 0.6 is 12.4 Å². The van der Waals surface area contributed by atoms with Gasteiger partial charge in [-0.3, -0.25) is 4.79 Å². The van der Waals surface area contributed by atoms with Crippen molar-refractivity contribution in [2.75, 3.05) is 13.6 Å². The first-order chi connectivity index (χ1) is 11.3. The molecule has 1 amide bonds. The molecule has 1 fully saturated rings. The van der Waals surface area contributed by atoms with E-state index in [1.54, 1.807) is 31.3 Å². The van der Waals surface area contributed by atoms with Crippen LogP contribution in [0.15, 0.2) is 29.2 Å². The molecule has 2 rings (SSSR count). The van der Waals surface area contributed by atoms with Crippen LogP contribution in [0.5, 0.6) is 0 Å². The lowest BCUT2D eigenvalue weighted by molar-refractivity contribution is -0.123. The fourth-order valence-electron chi connectivity index (χ4n) is 2.61. The first-order valence-corrected chi connectivity index (χ1v) is 9.84. The summed E-state index contributed by atoms with van der Waals surface area (Å²) < 4.78 is 26.2. The second-order valence-electron chi connectivity index (χ2n) is 6.48. The lowest BCUT2D eigenvalue weighted by Gasteiger charge is -2.22. The molecular weight excluding hydrogens is 362 g/mol. The minimum absolute atomic E-state index is 0. The number of amides is 1. The lowest BCUT2D eigenvalue weighted by Crippen LogP contribution is -2.46. The maximum atomic E-state index is 12.4. The van der Waals surface area contributed by atoms with Crippen molar-refractivity contribution in [1.29, 1.82) is 0 Å². The minimum atomic E-state index is -3.47. The Morgan fingerprint density at radius 2 is 1.92 bits per heavy atom. The SMILES string of the molecule is CC(C)N(C)S(=O)(=O)c1ccc(CNC(=O)C2CCCCN2)cc1.Cl. The normalized spacial score (nSPS) is 18.0. The number of benzene rings is 1. The van der Waals surface area contributed by atoms with E-state index < -0.39 is 10.0 Å². The number of carbonyl (C=O) groups is 1. The fraction of sp³-hybridized carbons (Fsp3) is 0.588. The molecule has 2 N–H and O–H groups in total. The van der Waals surface area contributed by atoms with E-state index in [0.29, 0.717) is 6.54 Å². The summed E-state index contributed by atoms with van der Waals surface area (Å²) in [6.07, 6.45) is 3.05. The zero-order chi connectivity index (χ0) is 17.7. The smallest absolute Gasteiger partial charge is 0.243 e. The molecule has 142 valence electrons. The number of piperidine rings is 1. The molecular formula is C17H28ClN3O3S. The molecule has 0 spiro atoms. The van der Waals surface area contributed by atoms with Crippen LogP contribution in [0.25, 0.3) is 0 Å². The topological polar surface area (TPSA) is 78.5 Å². The third-order valence-electron chi connectivity index (χ3n) is 4.42. The maximum absolute atomic E-state index is 12.4. The molecule has 0 bridgehead atoms. The van der Waals surface area contributed by atoms with Gasteiger partial charge in [0, 0.05) is 19.6 Å². The molecule has 1 aliphatic heterocycles. The molecule has 25 heavy (non-hydrogen) atoms. The van der Waals surface area contributed by atoms with Gasteiger partial charge in [0.1, 0.15) is 0 Å². The molecule has 1 saturated heterocycles. The highest BCUT2D eigenvalue weighted by Crippen LogP contribution is 2.17. The highest BCUT2D eigenvalue weighted by Gasteiger charge is 2.23. The molecule has 1 aromatic carbocycles. The Kier molecular flexibility index (Phi) is 8.34. The van der Waals surface area contributed by atoms with Crippen molar-refractivity contribution in [3.63, 3.8) is 0 Å². The molecule has 1 aliphatic rings. The molecule has 1 heterocycles. The molecule has 6 nitrogen and oxygen atoms in total. The van der Waals surface area contributed by atoms with Crippen LogP contribution in [0.4, 0.5) is 0 Å². The van der Waals surface area contributed by atoms with Gasteiger partial charge in [-0.25, -0.2) is 8.42 Å². The van der Waals surface area contributed by atoms with Crippen LogP contribution in [0, 0.1) is 0 Å². The second kappa shape index (κ2) is 9.52. The Balaban J connectivity index is 0.00000312. The molecule has 0 radical (unpaired) electrons. The monoisotopic (exact) mass is 389 g/mol. The molecule has 0 saturated carbocycles. The van der Waals surface area contributed by atoms with E-state index in [1.165, 1.54) is 4.31 Å². The van der Waals surface area contributed by atoms with Crippen molar-refractivity contribution in [2.24, 2.45) is 0 Å². The van der Waals surface area contributed by atoms with E-state index in [2.05, 4.69) is 10.6 Å². The van der Waals surface area contributed by atoms with Gasteiger partial charge >= 0.3 is 0 Å². The minimum Gasteiger partial charge on any atom is -0.351 e. The van der Waals surface area contributed by atoms with E-state index in [-0.39, 0.29) is 35.3 Å². The van der Waals surface area contributed by atoms with Crippen LogP contribution < -0.4 is 10.6 Å². The van der Waals surface area contributed by atoms with Gasteiger partial charge in [-0.1, -0.05) is 18.6 Å². The predicted octanol–water partition coefficient (Wildman–Crippen LogP) is 1.90. The Morgan fingerprint density at radius 1 is 1.28 bits per heavy atom. The van der Waals surface area contributed by atoms with Crippen molar-refractivity contribution >= 4 is 28.3 Å². The van der Waals surface area contributed by atoms with E-state index >= 15 is 0 Å². The van der Waals surface area contributed by atoms with Gasteiger partial charge in [0.2, 0.25) is 15.9 Å². The summed E-state index contributed by atoms with van der Waals surface area (Å²) in [6.45, 7) is 4.95. The molecule has 8 heteroatoms. The van der Waals surface area contributed by atoms with Gasteiger partial charge in [0.05, 0.1) is 10.9 Å². The molecule has 0 aliphatic carbocycles. The lowest BCUT2D eigenvalue weighted by atomic mass is 10.0. The number of hydrogen-bond acceptors (Lipinski definition) is 4. The summed E-state index contributed by atoms with van der Waals surface area (Å²) in [4.78, 5) is 12.4. The van der Waals surface area contributed by atoms with Crippen LogP contribution in [0.1, 0.15) is 38.7 Å². The summed E-state index contributed by atoms with van der Waals surface area (Å²) in [5.74, 6) is 0.00550. The number of nitrogens with zero attached hydrogens (tertiary/aromatic N) is 1. The number of rotatable bonds is 6. The zero-order valence-electron chi connectivity index (χ0n) is 15.0. The van der Waals surface area contributed by atoms with Gasteiger partial charge in [-0.15, -0.1) is 12.4 Å².